The molecule has 0 spiro atoms. The van der Waals surface area contributed by atoms with E-state index in [9.17, 15) is 8.78 Å². The molecule has 0 aliphatic heterocycles. The average molecular weight is 264 g/mol. The van der Waals surface area contributed by atoms with Gasteiger partial charge in [0.25, 0.3) is 6.43 Å². The van der Waals surface area contributed by atoms with Crippen molar-refractivity contribution in [2.24, 2.45) is 5.92 Å². The van der Waals surface area contributed by atoms with Gasteiger partial charge in [-0.05, 0) is 32.6 Å². The Morgan fingerprint density at radius 1 is 0.944 bits per heavy atom. The predicted octanol–water partition coefficient (Wildman–Crippen LogP) is 5.43. The van der Waals surface area contributed by atoms with Crippen molar-refractivity contribution < 1.29 is 13.5 Å². The molecular weight excluding hydrogens is 234 g/mol. The highest BCUT2D eigenvalue weighted by atomic mass is 19.3. The fourth-order valence-corrected chi connectivity index (χ4v) is 2.33. The van der Waals surface area contributed by atoms with Gasteiger partial charge in [0.05, 0.1) is 5.60 Å². The molecule has 0 aliphatic carbocycles. The van der Waals surface area contributed by atoms with Gasteiger partial charge in [0.15, 0.2) is 0 Å². The van der Waals surface area contributed by atoms with Gasteiger partial charge in [0.2, 0.25) is 0 Å². The van der Waals surface area contributed by atoms with Gasteiger partial charge >= 0.3 is 0 Å². The molecule has 0 radical (unpaired) electrons. The van der Waals surface area contributed by atoms with Gasteiger partial charge in [-0.3, -0.25) is 0 Å². The molecule has 0 saturated carbocycles. The Kier molecular flexibility index (Phi) is 9.61. The highest BCUT2D eigenvalue weighted by molar-refractivity contribution is 4.80. The minimum atomic E-state index is -2.37. The van der Waals surface area contributed by atoms with Gasteiger partial charge < -0.3 is 4.74 Å². The Bertz CT molecular complexity index is 193. The second kappa shape index (κ2) is 9.71. The van der Waals surface area contributed by atoms with E-state index < -0.39 is 18.6 Å². The molecule has 0 N–H and O–H groups in total. The van der Waals surface area contributed by atoms with Crippen LogP contribution in [0.2, 0.25) is 0 Å². The van der Waals surface area contributed by atoms with Crippen LogP contribution in [-0.2, 0) is 4.74 Å². The number of rotatable bonds is 11. The second-order valence-electron chi connectivity index (χ2n) is 5.64. The van der Waals surface area contributed by atoms with E-state index >= 15 is 0 Å². The average Bonchev–Trinajstić information content (AvgIpc) is 2.31. The van der Waals surface area contributed by atoms with Crippen LogP contribution in [0.5, 0.6) is 0 Å². The van der Waals surface area contributed by atoms with Gasteiger partial charge in [-0.25, -0.2) is 8.78 Å². The quantitative estimate of drug-likeness (QED) is 0.452. The van der Waals surface area contributed by atoms with Crippen LogP contribution in [0.3, 0.4) is 0 Å². The minimum Gasteiger partial charge on any atom is -0.369 e. The summed E-state index contributed by atoms with van der Waals surface area (Å²) in [7, 11) is 0. The number of halogens is 2. The smallest absolute Gasteiger partial charge is 0.261 e. The third-order valence-electron chi connectivity index (χ3n) is 3.63. The summed E-state index contributed by atoms with van der Waals surface area (Å²) in [6.45, 7) is 7.82. The number of unbranched alkanes of at least 4 members (excludes halogenated alkanes) is 3. The van der Waals surface area contributed by atoms with Gasteiger partial charge in [-0.15, -0.1) is 0 Å². The summed E-state index contributed by atoms with van der Waals surface area (Å²) in [4.78, 5) is 0. The van der Waals surface area contributed by atoms with Crippen molar-refractivity contribution >= 4 is 0 Å². The molecule has 0 aromatic rings. The monoisotopic (exact) mass is 264 g/mol. The molecule has 0 fully saturated rings. The Labute approximate surface area is 111 Å². The van der Waals surface area contributed by atoms with Crippen molar-refractivity contribution in [2.75, 3.05) is 6.61 Å². The second-order valence-corrected chi connectivity index (χ2v) is 5.64. The van der Waals surface area contributed by atoms with E-state index in [4.69, 9.17) is 4.74 Å². The van der Waals surface area contributed by atoms with E-state index in [0.29, 0.717) is 5.92 Å². The molecule has 0 aromatic carbocycles. The van der Waals surface area contributed by atoms with Crippen molar-refractivity contribution in [3.05, 3.63) is 0 Å². The maximum Gasteiger partial charge on any atom is 0.261 e. The Morgan fingerprint density at radius 3 is 2.00 bits per heavy atom. The standard InChI is InChI=1S/C15H30F2O/c1-5-7-9-11-13(10-8-6-2)15(3,4)18-12-14(16)17/h13-14H,5-12H2,1-4H3. The van der Waals surface area contributed by atoms with E-state index in [1.54, 1.807) is 0 Å². The summed E-state index contributed by atoms with van der Waals surface area (Å²) < 4.78 is 30.0. The van der Waals surface area contributed by atoms with E-state index in [-0.39, 0.29) is 0 Å². The van der Waals surface area contributed by atoms with Crippen LogP contribution >= 0.6 is 0 Å². The molecule has 0 aromatic heterocycles. The number of alkyl halides is 2. The first-order valence-corrected chi connectivity index (χ1v) is 7.36. The molecule has 0 aliphatic rings. The van der Waals surface area contributed by atoms with E-state index in [2.05, 4.69) is 13.8 Å². The van der Waals surface area contributed by atoms with Crippen molar-refractivity contribution in [1.82, 2.24) is 0 Å². The molecule has 0 saturated heterocycles. The Morgan fingerprint density at radius 2 is 1.50 bits per heavy atom. The van der Waals surface area contributed by atoms with Crippen LogP contribution in [-0.4, -0.2) is 18.6 Å². The molecule has 1 atom stereocenters. The van der Waals surface area contributed by atoms with Gasteiger partial charge in [-0.1, -0.05) is 46.0 Å². The molecular formula is C15H30F2O. The van der Waals surface area contributed by atoms with Crippen molar-refractivity contribution in [3.63, 3.8) is 0 Å². The lowest BCUT2D eigenvalue weighted by molar-refractivity contribution is -0.103. The first-order chi connectivity index (χ1) is 8.44. The summed E-state index contributed by atoms with van der Waals surface area (Å²) in [5, 5.41) is 0. The van der Waals surface area contributed by atoms with Crippen molar-refractivity contribution in [1.29, 1.82) is 0 Å². The maximum absolute atomic E-state index is 12.3. The molecule has 1 unspecified atom stereocenters. The van der Waals surface area contributed by atoms with Crippen LogP contribution in [0.15, 0.2) is 0 Å². The Hall–Kier alpha value is -0.180. The zero-order valence-electron chi connectivity index (χ0n) is 12.5. The van der Waals surface area contributed by atoms with Crippen LogP contribution in [0.25, 0.3) is 0 Å². The van der Waals surface area contributed by atoms with Crippen LogP contribution < -0.4 is 0 Å². The number of hydrogen-bond donors (Lipinski definition) is 0. The fourth-order valence-electron chi connectivity index (χ4n) is 2.33. The summed E-state index contributed by atoms with van der Waals surface area (Å²) in [5.41, 5.74) is -0.431. The third-order valence-corrected chi connectivity index (χ3v) is 3.63. The first kappa shape index (κ1) is 17.8. The highest BCUT2D eigenvalue weighted by Crippen LogP contribution is 2.31. The van der Waals surface area contributed by atoms with Gasteiger partial charge in [0.1, 0.15) is 6.61 Å². The zero-order chi connectivity index (χ0) is 14.0. The zero-order valence-corrected chi connectivity index (χ0v) is 12.5. The topological polar surface area (TPSA) is 9.23 Å². The van der Waals surface area contributed by atoms with Crippen molar-refractivity contribution in [2.45, 2.75) is 84.7 Å². The number of hydrogen-bond acceptors (Lipinski definition) is 1. The molecule has 110 valence electrons. The van der Waals surface area contributed by atoms with Crippen LogP contribution in [0, 0.1) is 5.92 Å². The highest BCUT2D eigenvalue weighted by Gasteiger charge is 2.30. The summed E-state index contributed by atoms with van der Waals surface area (Å²) >= 11 is 0. The largest absolute Gasteiger partial charge is 0.369 e. The molecule has 0 bridgehead atoms. The van der Waals surface area contributed by atoms with Gasteiger partial charge in [-0.2, -0.15) is 0 Å². The molecule has 0 rings (SSSR count). The predicted molar refractivity (Wildman–Crippen MR) is 73.2 cm³/mol. The first-order valence-electron chi connectivity index (χ1n) is 7.36. The van der Waals surface area contributed by atoms with Crippen LogP contribution in [0.1, 0.15) is 72.6 Å². The lowest BCUT2D eigenvalue weighted by atomic mass is 9.82. The SMILES string of the molecule is CCCCCC(CCCC)C(C)(C)OCC(F)F. The maximum atomic E-state index is 12.3. The summed E-state index contributed by atoms with van der Waals surface area (Å²) in [5.74, 6) is 0.391. The van der Waals surface area contributed by atoms with E-state index in [0.717, 1.165) is 25.7 Å². The van der Waals surface area contributed by atoms with E-state index in [1.165, 1.54) is 19.3 Å². The minimum absolute atomic E-state index is 0.391. The van der Waals surface area contributed by atoms with Crippen molar-refractivity contribution in [3.8, 4) is 0 Å². The van der Waals surface area contributed by atoms with E-state index in [1.807, 2.05) is 13.8 Å². The lowest BCUT2D eigenvalue weighted by Crippen LogP contribution is -2.36. The summed E-state index contributed by atoms with van der Waals surface area (Å²) in [6.07, 6.45) is 5.68. The Balaban J connectivity index is 4.29. The molecule has 3 heteroatoms. The summed E-state index contributed by atoms with van der Waals surface area (Å²) in [6, 6.07) is 0. The molecule has 0 heterocycles. The van der Waals surface area contributed by atoms with Gasteiger partial charge in [0, 0.05) is 0 Å². The van der Waals surface area contributed by atoms with Crippen LogP contribution in [0.4, 0.5) is 8.78 Å². The number of ether oxygens (including phenoxy) is 1. The normalized spacial score (nSPS) is 14.2. The molecule has 1 nitrogen and oxygen atoms in total. The fraction of sp³-hybridized carbons (Fsp3) is 1.00. The lowest BCUT2D eigenvalue weighted by Gasteiger charge is -2.35. The molecule has 18 heavy (non-hydrogen) atoms. The molecule has 0 amide bonds. The third kappa shape index (κ3) is 8.02.